The number of anilines is 1. The zero-order chi connectivity index (χ0) is 29.0. The molecular weight excluding hydrogens is 582 g/mol. The second-order valence-electron chi connectivity index (χ2n) is 9.77. The number of phosphoric ester groups is 2. The van der Waals surface area contributed by atoms with Crippen molar-refractivity contribution in [2.75, 3.05) is 25.5 Å². The number of fused-ring (bicyclic) bond motifs is 7. The van der Waals surface area contributed by atoms with Crippen LogP contribution >= 0.6 is 15.6 Å². The molecule has 1 aliphatic carbocycles. The number of imidazole rings is 1. The first-order valence-electron chi connectivity index (χ1n) is 11.9. The molecule has 20 nitrogen and oxygen atoms in total. The summed E-state index contributed by atoms with van der Waals surface area (Å²) < 4.78 is 47.3. The first-order valence-corrected chi connectivity index (χ1v) is 14.8. The third-order valence-electron chi connectivity index (χ3n) is 7.42. The van der Waals surface area contributed by atoms with E-state index in [4.69, 9.17) is 25.0 Å². The lowest BCUT2D eigenvalue weighted by Crippen LogP contribution is -2.48. The highest BCUT2D eigenvalue weighted by Crippen LogP contribution is 2.62. The van der Waals surface area contributed by atoms with E-state index >= 15 is 0 Å². The number of rotatable bonds is 3. The number of aromatic nitrogens is 4. The third-order valence-corrected chi connectivity index (χ3v) is 10.0. The molecule has 40 heavy (non-hydrogen) atoms. The molecule has 22 heteroatoms. The van der Waals surface area contributed by atoms with E-state index in [2.05, 4.69) is 24.3 Å². The van der Waals surface area contributed by atoms with Crippen molar-refractivity contribution in [2.45, 2.75) is 55.6 Å². The Labute approximate surface area is 224 Å². The van der Waals surface area contributed by atoms with Crippen molar-refractivity contribution >= 4 is 32.6 Å². The number of aliphatic hydroxyl groups is 4. The van der Waals surface area contributed by atoms with Gasteiger partial charge in [-0.1, -0.05) is 10.1 Å². The number of ether oxygens (including phenoxy) is 1. The molecule has 10 atom stereocenters. The highest BCUT2D eigenvalue weighted by Gasteiger charge is 2.56. The van der Waals surface area contributed by atoms with Crippen LogP contribution in [0.15, 0.2) is 17.8 Å². The zero-order valence-electron chi connectivity index (χ0n) is 20.5. The average Bonchev–Trinajstić information content (AvgIpc) is 3.51. The van der Waals surface area contributed by atoms with E-state index in [0.29, 0.717) is 0 Å². The lowest BCUT2D eigenvalue weighted by atomic mass is 9.81. The van der Waals surface area contributed by atoms with Crippen LogP contribution in [0.1, 0.15) is 25.1 Å². The van der Waals surface area contributed by atoms with E-state index < -0.39 is 77.1 Å². The molecule has 3 aliphatic heterocycles. The summed E-state index contributed by atoms with van der Waals surface area (Å²) in [5.41, 5.74) is 13.8. The van der Waals surface area contributed by atoms with Crippen molar-refractivity contribution < 1.29 is 62.0 Å². The van der Waals surface area contributed by atoms with E-state index in [9.17, 15) is 39.3 Å². The molecule has 8 bridgehead atoms. The molecule has 6 rings (SSSR count). The van der Waals surface area contributed by atoms with Crippen molar-refractivity contribution in [1.29, 1.82) is 0 Å². The third kappa shape index (κ3) is 5.12. The second-order valence-corrected chi connectivity index (χ2v) is 12.8. The highest BCUT2D eigenvalue weighted by atomic mass is 31.3. The van der Waals surface area contributed by atoms with E-state index in [1.165, 1.54) is 21.8 Å². The minimum absolute atomic E-state index is 0.00168. The zero-order valence-corrected chi connectivity index (χ0v) is 22.3. The van der Waals surface area contributed by atoms with E-state index in [1.807, 2.05) is 0 Å². The Balaban J connectivity index is 1.61. The van der Waals surface area contributed by atoms with Gasteiger partial charge in [-0.25, -0.2) is 18.7 Å². The molecule has 2 aromatic heterocycles. The van der Waals surface area contributed by atoms with Crippen LogP contribution in [-0.2, 0) is 27.2 Å². The molecular formula is C18H27N8O12P2+. The molecule has 2 fully saturated rings. The van der Waals surface area contributed by atoms with Crippen LogP contribution in [0.25, 0.3) is 21.6 Å². The topological polar surface area (TPSA) is 302 Å². The van der Waals surface area contributed by atoms with Gasteiger partial charge < -0.3 is 40.7 Å². The van der Waals surface area contributed by atoms with Crippen LogP contribution in [0.3, 0.4) is 0 Å². The number of hydrogen-bond acceptors (Lipinski definition) is 14. The Morgan fingerprint density at radius 1 is 1.18 bits per heavy atom. The summed E-state index contributed by atoms with van der Waals surface area (Å²) in [4.78, 5) is 31.4. The first-order chi connectivity index (χ1) is 18.8. The van der Waals surface area contributed by atoms with Crippen LogP contribution < -0.4 is 10.3 Å². The van der Waals surface area contributed by atoms with Crippen LogP contribution in [-0.4, -0.2) is 95.0 Å². The van der Waals surface area contributed by atoms with E-state index in [1.54, 1.807) is 0 Å². The smallest absolute Gasteiger partial charge is 0.390 e. The van der Waals surface area contributed by atoms with Gasteiger partial charge in [-0.3, -0.25) is 13.6 Å². The van der Waals surface area contributed by atoms with Crippen molar-refractivity contribution in [3.05, 3.63) is 23.1 Å². The summed E-state index contributed by atoms with van der Waals surface area (Å²) in [6.45, 7) is -1.85. The van der Waals surface area contributed by atoms with Crippen molar-refractivity contribution in [2.24, 2.45) is 10.5 Å². The van der Waals surface area contributed by atoms with Crippen LogP contribution in [0.2, 0.25) is 0 Å². The summed E-state index contributed by atoms with van der Waals surface area (Å²) in [6, 6.07) is -0.989. The predicted octanol–water partition coefficient (Wildman–Crippen LogP) is -1.46. The number of nitrogens with zero attached hydrogens (tertiary/aromatic N) is 7. The van der Waals surface area contributed by atoms with Gasteiger partial charge in [0.2, 0.25) is 12.0 Å². The summed E-state index contributed by atoms with van der Waals surface area (Å²) in [7, 11) is -10.7. The standard InChI is InChI=1S/C18H26N8O12P2/c19-15-10-16-22-7-25(15)8-3-18(1-2-23-24-20,14(30)11(8)27)5-36-40(33,34)38-39(31,32)35-4-9-12(28)13(29)17(37-9)26(16)6-21-10/h6-9,11-14,17,19,27-30H,1-5H2,(H2,31,32,33,34)/p+1/t8-,9-,11+,12-,13-,14+,17-,18-/m1/s1. The number of aliphatic hydroxyl groups excluding tert-OH is 4. The summed E-state index contributed by atoms with van der Waals surface area (Å²) in [6.07, 6.45) is -6.86. The van der Waals surface area contributed by atoms with Crippen LogP contribution in [0.5, 0.6) is 0 Å². The van der Waals surface area contributed by atoms with Crippen LogP contribution in [0.4, 0.5) is 5.82 Å². The van der Waals surface area contributed by atoms with Crippen molar-refractivity contribution in [3.63, 3.8) is 0 Å². The van der Waals surface area contributed by atoms with E-state index in [0.717, 1.165) is 0 Å². The summed E-state index contributed by atoms with van der Waals surface area (Å²) in [5.74, 6) is -0.00168. The Morgan fingerprint density at radius 2 is 1.90 bits per heavy atom. The molecule has 0 amide bonds. The molecule has 0 aromatic carbocycles. The Kier molecular flexibility index (Phi) is 7.69. The lowest BCUT2D eigenvalue weighted by molar-refractivity contribution is -0.717. The SMILES string of the molecule is [N-]=[N+]=NCC[C@]12COP(=O)(O)OP(=O)(O)OC[C@H]3O[C@H]([C@H](O)[C@@H]3O)n3cnc4c(N)[n+](cnc43)[C@H](C1)[C@H](O)[C@@H]2O. The maximum atomic E-state index is 12.6. The highest BCUT2D eigenvalue weighted by molar-refractivity contribution is 7.61. The molecule has 4 aliphatic rings. The fourth-order valence-corrected chi connectivity index (χ4v) is 7.52. The molecule has 1 saturated carbocycles. The molecule has 0 radical (unpaired) electrons. The quantitative estimate of drug-likeness (QED) is 0.0687. The van der Waals surface area contributed by atoms with Crippen molar-refractivity contribution in [1.82, 2.24) is 14.5 Å². The van der Waals surface area contributed by atoms with Gasteiger partial charge in [-0.05, 0) is 18.4 Å². The monoisotopic (exact) mass is 609 g/mol. The van der Waals surface area contributed by atoms with Gasteiger partial charge in [0.25, 0.3) is 5.82 Å². The van der Waals surface area contributed by atoms with E-state index in [-0.39, 0.29) is 36.4 Å². The fraction of sp³-hybridized carbons (Fsp3) is 0.722. The molecule has 2 unspecified atom stereocenters. The number of phosphoric acid groups is 2. The van der Waals surface area contributed by atoms with Crippen LogP contribution in [0, 0.1) is 5.41 Å². The number of nitrogen functional groups attached to an aromatic ring is 1. The average molecular weight is 609 g/mol. The molecule has 5 heterocycles. The normalized spacial score (nSPS) is 42.1. The second kappa shape index (κ2) is 10.5. The number of hydrogen-bond donors (Lipinski definition) is 7. The number of nitrogens with two attached hydrogens (primary N) is 1. The Bertz CT molecular complexity index is 1440. The van der Waals surface area contributed by atoms with Gasteiger partial charge in [0.15, 0.2) is 11.7 Å². The van der Waals surface area contributed by atoms with Gasteiger partial charge in [-0.15, -0.1) is 0 Å². The maximum absolute atomic E-state index is 12.6. The molecule has 1 saturated heterocycles. The summed E-state index contributed by atoms with van der Waals surface area (Å²) >= 11 is 0. The summed E-state index contributed by atoms with van der Waals surface area (Å²) in [5, 5.41) is 46.5. The number of azide groups is 1. The minimum atomic E-state index is -5.35. The van der Waals surface area contributed by atoms with Gasteiger partial charge in [0, 0.05) is 16.9 Å². The maximum Gasteiger partial charge on any atom is 0.481 e. The minimum Gasteiger partial charge on any atom is -0.390 e. The van der Waals surface area contributed by atoms with Gasteiger partial charge in [-0.2, -0.15) is 4.31 Å². The van der Waals surface area contributed by atoms with Gasteiger partial charge in [0.1, 0.15) is 36.8 Å². The van der Waals surface area contributed by atoms with Crippen molar-refractivity contribution in [3.8, 4) is 0 Å². The largest absolute Gasteiger partial charge is 0.481 e. The van der Waals surface area contributed by atoms with Gasteiger partial charge in [0.05, 0.1) is 19.3 Å². The van der Waals surface area contributed by atoms with Gasteiger partial charge >= 0.3 is 15.6 Å². The molecule has 220 valence electrons. The Hall–Kier alpha value is -2.28. The molecule has 2 aromatic rings. The fourth-order valence-electron chi connectivity index (χ4n) is 5.34. The Morgan fingerprint density at radius 3 is 2.62 bits per heavy atom. The predicted molar refractivity (Wildman–Crippen MR) is 127 cm³/mol. The molecule has 0 spiro atoms. The molecule has 8 N–H and O–H groups in total. The first kappa shape index (κ1) is 29.2. The lowest BCUT2D eigenvalue weighted by Gasteiger charge is -2.32.